The molecule has 1 heterocycles. The summed E-state index contributed by atoms with van der Waals surface area (Å²) in [6.45, 7) is 0. The molecule has 0 aliphatic heterocycles. The van der Waals surface area contributed by atoms with E-state index in [9.17, 15) is 0 Å². The van der Waals surface area contributed by atoms with Gasteiger partial charge in [0, 0.05) is 25.6 Å². The molecule has 10 aromatic rings. The number of hydrogen-bond acceptors (Lipinski definition) is 1. The molecule has 0 amide bonds. The Morgan fingerprint density at radius 1 is 0.298 bits per heavy atom. The highest BCUT2D eigenvalue weighted by molar-refractivity contribution is 7.26. The van der Waals surface area contributed by atoms with E-state index in [0.717, 1.165) is 0 Å². The molecule has 218 valence electrons. The van der Waals surface area contributed by atoms with Crippen molar-refractivity contribution in [1.82, 2.24) is 0 Å². The van der Waals surface area contributed by atoms with Crippen molar-refractivity contribution >= 4 is 74.6 Å². The summed E-state index contributed by atoms with van der Waals surface area (Å²) in [6, 6.07) is 62.7. The largest absolute Gasteiger partial charge is 0.135 e. The van der Waals surface area contributed by atoms with Crippen molar-refractivity contribution < 1.29 is 0 Å². The van der Waals surface area contributed by atoms with Crippen LogP contribution in [0.3, 0.4) is 0 Å². The van der Waals surface area contributed by atoms with Gasteiger partial charge in [-0.2, -0.15) is 0 Å². The van der Waals surface area contributed by atoms with E-state index in [0.29, 0.717) is 0 Å². The molecule has 0 unspecified atom stereocenters. The van der Waals surface area contributed by atoms with Crippen LogP contribution >= 0.6 is 11.3 Å². The summed E-state index contributed by atoms with van der Waals surface area (Å²) in [6.07, 6.45) is 0. The van der Waals surface area contributed by atoms with Gasteiger partial charge in [0.15, 0.2) is 0 Å². The Balaban J connectivity index is 1.15. The molecule has 10 rings (SSSR count). The summed E-state index contributed by atoms with van der Waals surface area (Å²) in [5, 5.41) is 13.0. The molecular weight excluding hydrogens is 585 g/mol. The Hall–Kier alpha value is -5.76. The molecule has 47 heavy (non-hydrogen) atoms. The van der Waals surface area contributed by atoms with Gasteiger partial charge in [0.25, 0.3) is 0 Å². The highest BCUT2D eigenvalue weighted by Gasteiger charge is 2.17. The molecule has 0 saturated carbocycles. The van der Waals surface area contributed by atoms with Crippen molar-refractivity contribution in [2.24, 2.45) is 0 Å². The van der Waals surface area contributed by atoms with Crippen LogP contribution in [0.4, 0.5) is 0 Å². The fourth-order valence-corrected chi connectivity index (χ4v) is 8.93. The van der Waals surface area contributed by atoms with Gasteiger partial charge in [-0.1, -0.05) is 158 Å². The van der Waals surface area contributed by atoms with Gasteiger partial charge < -0.3 is 0 Å². The van der Waals surface area contributed by atoms with Crippen molar-refractivity contribution in [1.29, 1.82) is 0 Å². The first-order valence-electron chi connectivity index (χ1n) is 16.2. The summed E-state index contributed by atoms with van der Waals surface area (Å²) in [4.78, 5) is 0. The van der Waals surface area contributed by atoms with E-state index < -0.39 is 0 Å². The lowest BCUT2D eigenvalue weighted by atomic mass is 9.85. The van der Waals surface area contributed by atoms with Crippen LogP contribution in [0.1, 0.15) is 0 Å². The number of rotatable bonds is 3. The second-order valence-electron chi connectivity index (χ2n) is 12.4. The standard InChI is InChI=1S/C46H28S/c1-2-11-32-28-33(25-20-29(32)10-1)45-39-15-5-3-13-37(39)44(38-14-4-6-16-40(38)45)31-23-21-30(22-24-31)34-17-9-18-41-35(34)26-27-42-36-12-7-8-19-43(36)47-46(41)42/h1-28H. The molecule has 0 bridgehead atoms. The third-order valence-corrected chi connectivity index (χ3v) is 11.1. The van der Waals surface area contributed by atoms with Crippen LogP contribution in [-0.2, 0) is 0 Å². The van der Waals surface area contributed by atoms with E-state index >= 15 is 0 Å². The van der Waals surface area contributed by atoms with E-state index in [1.54, 1.807) is 0 Å². The minimum Gasteiger partial charge on any atom is -0.135 e. The molecule has 1 aromatic heterocycles. The predicted octanol–water partition coefficient (Wildman–Crippen LogP) is 13.7. The second-order valence-corrected chi connectivity index (χ2v) is 13.5. The second kappa shape index (κ2) is 10.4. The third-order valence-electron chi connectivity index (χ3n) is 9.86. The van der Waals surface area contributed by atoms with Crippen molar-refractivity contribution in [2.75, 3.05) is 0 Å². The van der Waals surface area contributed by atoms with E-state index in [4.69, 9.17) is 0 Å². The first kappa shape index (κ1) is 26.5. The fourth-order valence-electron chi connectivity index (χ4n) is 7.70. The summed E-state index contributed by atoms with van der Waals surface area (Å²) in [7, 11) is 0. The predicted molar refractivity (Wildman–Crippen MR) is 206 cm³/mol. The SMILES string of the molecule is c1ccc2cc(-c3c4ccccc4c(-c4ccc(-c5cccc6c5ccc5c7ccccc7sc65)cc4)c4ccccc34)ccc2c1. The third kappa shape index (κ3) is 4.07. The van der Waals surface area contributed by atoms with Crippen LogP contribution in [0.15, 0.2) is 170 Å². The maximum absolute atomic E-state index is 2.34. The van der Waals surface area contributed by atoms with Crippen LogP contribution in [-0.4, -0.2) is 0 Å². The molecule has 0 fully saturated rings. The van der Waals surface area contributed by atoms with Crippen molar-refractivity contribution in [3.63, 3.8) is 0 Å². The Morgan fingerprint density at radius 3 is 1.53 bits per heavy atom. The van der Waals surface area contributed by atoms with Crippen LogP contribution in [0.25, 0.3) is 96.6 Å². The topological polar surface area (TPSA) is 0 Å². The smallest absolute Gasteiger partial charge is 0.0434 e. The Kier molecular flexibility index (Phi) is 5.85. The summed E-state index contributed by atoms with van der Waals surface area (Å²) in [5.41, 5.74) is 7.58. The Morgan fingerprint density at radius 2 is 0.809 bits per heavy atom. The van der Waals surface area contributed by atoms with E-state index in [2.05, 4.69) is 170 Å². The van der Waals surface area contributed by atoms with Crippen molar-refractivity contribution in [2.45, 2.75) is 0 Å². The molecule has 0 radical (unpaired) electrons. The van der Waals surface area contributed by atoms with Gasteiger partial charge in [0.1, 0.15) is 0 Å². The number of benzene rings is 9. The van der Waals surface area contributed by atoms with Gasteiger partial charge in [-0.15, -0.1) is 11.3 Å². The Bertz CT molecular complexity index is 2780. The highest BCUT2D eigenvalue weighted by atomic mass is 32.1. The van der Waals surface area contributed by atoms with E-state index in [1.807, 2.05) is 11.3 Å². The molecule has 0 aliphatic carbocycles. The lowest BCUT2D eigenvalue weighted by Gasteiger charge is -2.18. The first-order valence-corrected chi connectivity index (χ1v) is 17.0. The highest BCUT2D eigenvalue weighted by Crippen LogP contribution is 2.45. The number of fused-ring (bicyclic) bond motifs is 8. The van der Waals surface area contributed by atoms with Gasteiger partial charge in [-0.05, 0) is 83.2 Å². The molecular formula is C46H28S. The summed E-state index contributed by atoms with van der Waals surface area (Å²) in [5.74, 6) is 0. The van der Waals surface area contributed by atoms with Crippen LogP contribution in [0.5, 0.6) is 0 Å². The molecule has 0 atom stereocenters. The van der Waals surface area contributed by atoms with Gasteiger partial charge in [0.2, 0.25) is 0 Å². The van der Waals surface area contributed by atoms with Gasteiger partial charge in [-0.25, -0.2) is 0 Å². The molecule has 0 spiro atoms. The number of thiophene rings is 1. The number of hydrogen-bond donors (Lipinski definition) is 0. The quantitative estimate of drug-likeness (QED) is 0.174. The van der Waals surface area contributed by atoms with Crippen LogP contribution < -0.4 is 0 Å². The summed E-state index contributed by atoms with van der Waals surface area (Å²) >= 11 is 1.90. The lowest BCUT2D eigenvalue weighted by molar-refractivity contribution is 1.64. The molecule has 1 heteroatoms. The normalized spacial score (nSPS) is 11.8. The maximum atomic E-state index is 2.34. The van der Waals surface area contributed by atoms with Crippen LogP contribution in [0.2, 0.25) is 0 Å². The molecule has 9 aromatic carbocycles. The maximum Gasteiger partial charge on any atom is 0.0434 e. The molecule has 0 saturated heterocycles. The molecule has 0 aliphatic rings. The first-order chi connectivity index (χ1) is 23.3. The average molecular weight is 613 g/mol. The fraction of sp³-hybridized carbons (Fsp3) is 0. The van der Waals surface area contributed by atoms with E-state index in [-0.39, 0.29) is 0 Å². The summed E-state index contributed by atoms with van der Waals surface area (Å²) < 4.78 is 2.71. The lowest BCUT2D eigenvalue weighted by Crippen LogP contribution is -1.91. The average Bonchev–Trinajstić information content (AvgIpc) is 3.53. The van der Waals surface area contributed by atoms with Crippen molar-refractivity contribution in [3.8, 4) is 33.4 Å². The van der Waals surface area contributed by atoms with Gasteiger partial charge >= 0.3 is 0 Å². The zero-order chi connectivity index (χ0) is 30.9. The molecule has 0 nitrogen and oxygen atoms in total. The van der Waals surface area contributed by atoms with Crippen molar-refractivity contribution in [3.05, 3.63) is 170 Å². The van der Waals surface area contributed by atoms with Crippen LogP contribution in [0, 0.1) is 0 Å². The van der Waals surface area contributed by atoms with Gasteiger partial charge in [-0.3, -0.25) is 0 Å². The minimum atomic E-state index is 1.23. The molecule has 0 N–H and O–H groups in total. The Labute approximate surface area is 276 Å². The zero-order valence-electron chi connectivity index (χ0n) is 25.6. The van der Waals surface area contributed by atoms with E-state index in [1.165, 1.54) is 96.6 Å². The van der Waals surface area contributed by atoms with Gasteiger partial charge in [0.05, 0.1) is 0 Å². The minimum absolute atomic E-state index is 1.23. The zero-order valence-corrected chi connectivity index (χ0v) is 26.4. The monoisotopic (exact) mass is 612 g/mol.